The van der Waals surface area contributed by atoms with E-state index in [2.05, 4.69) is 0 Å². The molecule has 0 atom stereocenters. The van der Waals surface area contributed by atoms with Crippen LogP contribution in [0.4, 0.5) is 0 Å². The van der Waals surface area contributed by atoms with Gasteiger partial charge in [-0.25, -0.2) is 0 Å². The van der Waals surface area contributed by atoms with E-state index in [0.717, 1.165) is 0 Å². The van der Waals surface area contributed by atoms with Crippen molar-refractivity contribution in [3.8, 4) is 0 Å². The molecule has 0 spiro atoms. The molecule has 5 heteroatoms. The van der Waals surface area contributed by atoms with Crippen LogP contribution >= 0.6 is 0 Å². The summed E-state index contributed by atoms with van der Waals surface area (Å²) in [5, 5.41) is 0. The summed E-state index contributed by atoms with van der Waals surface area (Å²) < 4.78 is 0. The summed E-state index contributed by atoms with van der Waals surface area (Å²) in [4.78, 5) is 0. The molecule has 0 aliphatic rings. The maximum absolute atomic E-state index is 0. The molecule has 0 aromatic heterocycles. The van der Waals surface area contributed by atoms with Crippen molar-refractivity contribution < 1.29 is 115 Å². The summed E-state index contributed by atoms with van der Waals surface area (Å²) in [6.45, 7) is 0. The third-order valence-electron chi connectivity index (χ3n) is 0. The molecule has 1 radical (unpaired) electrons. The quantitative estimate of drug-likeness (QED) is 0.537. The molecule has 0 N–H and O–H groups in total. The van der Waals surface area contributed by atoms with Gasteiger partial charge < -0.3 is 0 Å². The summed E-state index contributed by atoms with van der Waals surface area (Å²) in [6, 6.07) is 0. The standard InChI is InChI=1S/Ce.Co.Fe.Ni.Ti/p+1. The SMILES string of the molecule is [Ce].[Co].[Fe].[H+].[Ni].[Ti]. The minimum absolute atomic E-state index is 0. The molecule has 0 rings (SSSR count). The van der Waals surface area contributed by atoms with Crippen molar-refractivity contribution in [1.29, 1.82) is 0 Å². The predicted molar refractivity (Wildman–Crippen MR) is 1.11 cm³/mol. The van der Waals surface area contributed by atoms with Gasteiger partial charge in [0.05, 0.1) is 0 Å². The maximum atomic E-state index is 0. The minimum Gasteiger partial charge on any atom is 0 e. The van der Waals surface area contributed by atoms with Crippen molar-refractivity contribution in [3.05, 3.63) is 0 Å². The van der Waals surface area contributed by atoms with Crippen LogP contribution in [-0.2, 0) is 72.1 Å². The van der Waals surface area contributed by atoms with E-state index in [9.17, 15) is 0 Å². The molecular formula is HCeCoFeNiTi+. The molecule has 0 saturated carbocycles. The van der Waals surface area contributed by atoms with Gasteiger partial charge in [-0.05, 0) is 0 Å². The Bertz CT molecular complexity index is 15.5. The van der Waals surface area contributed by atoms with Gasteiger partial charge in [-0.1, -0.05) is 0 Å². The van der Waals surface area contributed by atoms with Crippen LogP contribution in [-0.4, -0.2) is 0 Å². The zero-order valence-electron chi connectivity index (χ0n) is 3.00. The number of hydrogen-bond donors (Lipinski definition) is 0. The van der Waals surface area contributed by atoms with Crippen molar-refractivity contribution in [1.82, 2.24) is 0 Å². The molecule has 0 bridgehead atoms. The van der Waals surface area contributed by atoms with Crippen molar-refractivity contribution in [2.24, 2.45) is 0 Å². The Hall–Kier alpha value is 3.61. The fraction of sp³-hybridized carbons (Fsp3) is 0. The second kappa shape index (κ2) is 25.5. The summed E-state index contributed by atoms with van der Waals surface area (Å²) in [5.41, 5.74) is 0. The van der Waals surface area contributed by atoms with Gasteiger partial charge in [-0.2, -0.15) is 0 Å². The summed E-state index contributed by atoms with van der Waals surface area (Å²) in [5.74, 6) is 0. The van der Waals surface area contributed by atoms with E-state index in [1.54, 1.807) is 0 Å². The summed E-state index contributed by atoms with van der Waals surface area (Å²) in [6.07, 6.45) is 0. The van der Waals surface area contributed by atoms with E-state index in [0.29, 0.717) is 0 Å². The van der Waals surface area contributed by atoms with Crippen molar-refractivity contribution in [2.45, 2.75) is 0 Å². The van der Waals surface area contributed by atoms with Gasteiger partial charge in [-0.3, -0.25) is 0 Å². The number of hydrogen-bond acceptors (Lipinski definition) is 0. The predicted octanol–water partition coefficient (Wildman–Crippen LogP) is 0.102. The first-order valence-corrected chi connectivity index (χ1v) is 0. The molecule has 0 unspecified atom stereocenters. The topological polar surface area (TPSA) is 0 Å². The monoisotopic (exact) mass is 362 g/mol. The first kappa shape index (κ1) is 38.3. The van der Waals surface area contributed by atoms with E-state index in [1.807, 2.05) is 0 Å². The molecule has 0 aromatic carbocycles. The average molecular weight is 362 g/mol. The molecule has 0 aromatic rings. The molecule has 5 heavy (non-hydrogen) atoms. The molecule has 0 nitrogen and oxygen atoms in total. The molecule has 0 amide bonds. The van der Waals surface area contributed by atoms with Crippen LogP contribution in [0.3, 0.4) is 0 Å². The molecule has 0 aliphatic heterocycles. The molecule has 0 saturated heterocycles. The normalized spacial score (nSPS) is 0. The van der Waals surface area contributed by atoms with E-state index in [-0.39, 0.29) is 115 Å². The van der Waals surface area contributed by atoms with Crippen molar-refractivity contribution in [3.63, 3.8) is 0 Å². The fourth-order valence-corrected chi connectivity index (χ4v) is 0. The van der Waals surface area contributed by atoms with Gasteiger partial charge in [-0.15, -0.1) is 0 Å². The van der Waals surface area contributed by atoms with Crippen LogP contribution in [0.25, 0.3) is 0 Å². The van der Waals surface area contributed by atoms with Crippen LogP contribution < -0.4 is 0 Å². The third kappa shape index (κ3) is 18.4. The average Bonchev–Trinajstić information content (AvgIpc) is 0. The van der Waals surface area contributed by atoms with E-state index >= 15 is 0 Å². The van der Waals surface area contributed by atoms with Crippen LogP contribution in [0.2, 0.25) is 0 Å². The largest absolute Gasteiger partial charge is 1.00 e. The minimum atomic E-state index is 0. The smallest absolute Gasteiger partial charge is 0 e. The van der Waals surface area contributed by atoms with Gasteiger partial charge in [0.1, 0.15) is 0 Å². The third-order valence-corrected chi connectivity index (χ3v) is 0. The van der Waals surface area contributed by atoms with Crippen LogP contribution in [0, 0.1) is 41.7 Å². The summed E-state index contributed by atoms with van der Waals surface area (Å²) >= 11 is 0. The first-order valence-electron chi connectivity index (χ1n) is 0. The van der Waals surface area contributed by atoms with Gasteiger partial charge >= 0.3 is 1.43 Å². The number of rotatable bonds is 0. The maximum Gasteiger partial charge on any atom is 1.00 e. The van der Waals surface area contributed by atoms with Crippen LogP contribution in [0.15, 0.2) is 0 Å². The Morgan fingerprint density at radius 1 is 1.20 bits per heavy atom. The Morgan fingerprint density at radius 2 is 1.20 bits per heavy atom. The van der Waals surface area contributed by atoms with Gasteiger partial charge in [0, 0.05) is 114 Å². The van der Waals surface area contributed by atoms with Crippen LogP contribution in [0.1, 0.15) is 1.43 Å². The molecule has 0 heterocycles. The van der Waals surface area contributed by atoms with Gasteiger partial charge in [0.15, 0.2) is 0 Å². The Kier molecular flexibility index (Phi) is 195. The van der Waals surface area contributed by atoms with Gasteiger partial charge in [0.2, 0.25) is 0 Å². The Morgan fingerprint density at radius 3 is 1.20 bits per heavy atom. The zero-order valence-corrected chi connectivity index (χ0v) is 9.84. The van der Waals surface area contributed by atoms with Crippen molar-refractivity contribution in [2.75, 3.05) is 0 Å². The van der Waals surface area contributed by atoms with E-state index < -0.39 is 0 Å². The summed E-state index contributed by atoms with van der Waals surface area (Å²) in [7, 11) is 0. The molecular weight excluding hydrogens is 361 g/mol. The fourth-order valence-electron chi connectivity index (χ4n) is 0. The zero-order chi connectivity index (χ0) is 0. The molecule has 0 aliphatic carbocycles. The Labute approximate surface area is 113 Å². The Balaban J connectivity index is 0. The first-order chi connectivity index (χ1) is 0. The van der Waals surface area contributed by atoms with Crippen molar-refractivity contribution >= 4 is 0 Å². The molecule has 0 fully saturated rings. The van der Waals surface area contributed by atoms with Crippen LogP contribution in [0.5, 0.6) is 0 Å². The second-order valence-corrected chi connectivity index (χ2v) is 0. The van der Waals surface area contributed by atoms with Gasteiger partial charge in [0.25, 0.3) is 0 Å². The second-order valence-electron chi connectivity index (χ2n) is 0. The van der Waals surface area contributed by atoms with E-state index in [4.69, 9.17) is 0 Å². The van der Waals surface area contributed by atoms with E-state index in [1.165, 1.54) is 0 Å². The molecule has 35 valence electrons.